The maximum atomic E-state index is 5.70. The Balaban J connectivity index is 2.33. The Morgan fingerprint density at radius 3 is 2.85 bits per heavy atom. The first kappa shape index (κ1) is 14.4. The van der Waals surface area contributed by atoms with Crippen LogP contribution in [-0.2, 0) is 6.42 Å². The summed E-state index contributed by atoms with van der Waals surface area (Å²) >= 11 is 0. The summed E-state index contributed by atoms with van der Waals surface area (Å²) in [5, 5.41) is 0. The van der Waals surface area contributed by atoms with Crippen LogP contribution in [0.4, 0.5) is 0 Å². The van der Waals surface area contributed by atoms with E-state index in [-0.39, 0.29) is 6.04 Å². The summed E-state index contributed by atoms with van der Waals surface area (Å²) in [6, 6.07) is 9.98. The Hall–Kier alpha value is -1.98. The average molecular weight is 272 g/mol. The van der Waals surface area contributed by atoms with Gasteiger partial charge < -0.3 is 4.74 Å². The van der Waals surface area contributed by atoms with Gasteiger partial charge in [0.2, 0.25) is 5.88 Å². The number of hydrazine groups is 1. The fourth-order valence-corrected chi connectivity index (χ4v) is 2.19. The van der Waals surface area contributed by atoms with Crippen molar-refractivity contribution in [2.45, 2.75) is 25.8 Å². The van der Waals surface area contributed by atoms with E-state index >= 15 is 0 Å². The van der Waals surface area contributed by atoms with Gasteiger partial charge >= 0.3 is 0 Å². The quantitative estimate of drug-likeness (QED) is 0.621. The van der Waals surface area contributed by atoms with E-state index in [2.05, 4.69) is 34.5 Å². The van der Waals surface area contributed by atoms with Crippen LogP contribution in [0.3, 0.4) is 0 Å². The Morgan fingerprint density at radius 1 is 1.30 bits per heavy atom. The van der Waals surface area contributed by atoms with Gasteiger partial charge in [-0.25, -0.2) is 15.4 Å². The monoisotopic (exact) mass is 272 g/mol. The Bertz CT molecular complexity index is 559. The maximum absolute atomic E-state index is 5.70. The van der Waals surface area contributed by atoms with Crippen LogP contribution in [0.25, 0.3) is 0 Å². The molecule has 0 spiro atoms. The number of benzene rings is 1. The van der Waals surface area contributed by atoms with Gasteiger partial charge in [0.25, 0.3) is 0 Å². The number of nitrogens with one attached hydrogen (secondary N) is 1. The van der Waals surface area contributed by atoms with Crippen LogP contribution < -0.4 is 16.0 Å². The van der Waals surface area contributed by atoms with Crippen LogP contribution in [0.2, 0.25) is 0 Å². The number of aryl methyl sites for hydroxylation is 1. The second-order valence-corrected chi connectivity index (χ2v) is 4.58. The summed E-state index contributed by atoms with van der Waals surface area (Å²) in [7, 11) is 1.58. The van der Waals surface area contributed by atoms with Crippen molar-refractivity contribution >= 4 is 0 Å². The van der Waals surface area contributed by atoms with Crippen molar-refractivity contribution in [3.05, 3.63) is 53.5 Å². The number of nitrogens with two attached hydrogens (primary N) is 1. The smallest absolute Gasteiger partial charge is 0.216 e. The maximum Gasteiger partial charge on any atom is 0.216 e. The molecule has 0 bridgehead atoms. The first-order valence-electron chi connectivity index (χ1n) is 6.69. The van der Waals surface area contributed by atoms with Crippen LogP contribution in [-0.4, -0.2) is 17.1 Å². The van der Waals surface area contributed by atoms with Gasteiger partial charge in [-0.05, 0) is 17.5 Å². The minimum atomic E-state index is -0.177. The van der Waals surface area contributed by atoms with Gasteiger partial charge in [0.05, 0.1) is 18.8 Å². The third-order valence-electron chi connectivity index (χ3n) is 3.16. The predicted molar refractivity (Wildman–Crippen MR) is 78.2 cm³/mol. The second-order valence-electron chi connectivity index (χ2n) is 4.58. The first-order valence-corrected chi connectivity index (χ1v) is 6.69. The molecule has 0 radical (unpaired) electrons. The van der Waals surface area contributed by atoms with Crippen molar-refractivity contribution < 1.29 is 4.74 Å². The second kappa shape index (κ2) is 6.98. The zero-order chi connectivity index (χ0) is 14.4. The Kier molecular flexibility index (Phi) is 5.03. The minimum Gasteiger partial charge on any atom is -0.481 e. The summed E-state index contributed by atoms with van der Waals surface area (Å²) in [5.41, 5.74) is 5.97. The number of hydrogen-bond acceptors (Lipinski definition) is 5. The Labute approximate surface area is 119 Å². The average Bonchev–Trinajstić information content (AvgIpc) is 2.49. The van der Waals surface area contributed by atoms with Crippen LogP contribution in [0, 0.1) is 0 Å². The highest BCUT2D eigenvalue weighted by atomic mass is 16.5. The standard InChI is InChI=1S/C15H20N4O/c1-3-5-11-6-4-7-12(8-11)15(19-16)13-9-14(20-2)18-10-17-13/h4,6-10,15,19H,3,5,16H2,1-2H3. The van der Waals surface area contributed by atoms with Crippen molar-refractivity contribution in [1.29, 1.82) is 0 Å². The van der Waals surface area contributed by atoms with Gasteiger partial charge in [-0.15, -0.1) is 0 Å². The molecule has 1 atom stereocenters. The Morgan fingerprint density at radius 2 is 2.15 bits per heavy atom. The summed E-state index contributed by atoms with van der Waals surface area (Å²) in [4.78, 5) is 8.29. The van der Waals surface area contributed by atoms with Crippen molar-refractivity contribution in [1.82, 2.24) is 15.4 Å². The molecule has 0 aliphatic rings. The number of ether oxygens (including phenoxy) is 1. The molecule has 1 aromatic carbocycles. The van der Waals surface area contributed by atoms with Crippen LogP contribution in [0.1, 0.15) is 36.2 Å². The molecule has 106 valence electrons. The SMILES string of the molecule is CCCc1cccc(C(NN)c2cc(OC)ncn2)c1. The minimum absolute atomic E-state index is 0.177. The number of rotatable bonds is 6. The largest absolute Gasteiger partial charge is 0.481 e. The highest BCUT2D eigenvalue weighted by Gasteiger charge is 2.15. The lowest BCUT2D eigenvalue weighted by molar-refractivity contribution is 0.395. The van der Waals surface area contributed by atoms with E-state index in [4.69, 9.17) is 10.6 Å². The summed E-state index contributed by atoms with van der Waals surface area (Å²) in [5.74, 6) is 6.23. The van der Waals surface area contributed by atoms with E-state index in [0.29, 0.717) is 5.88 Å². The van der Waals surface area contributed by atoms with Gasteiger partial charge in [0, 0.05) is 6.07 Å². The van der Waals surface area contributed by atoms with Gasteiger partial charge in [-0.2, -0.15) is 0 Å². The molecule has 0 aliphatic carbocycles. The van der Waals surface area contributed by atoms with Gasteiger partial charge in [0.1, 0.15) is 6.33 Å². The number of aromatic nitrogens is 2. The molecule has 0 saturated heterocycles. The molecule has 2 rings (SSSR count). The van der Waals surface area contributed by atoms with E-state index < -0.39 is 0 Å². The molecule has 20 heavy (non-hydrogen) atoms. The molecule has 3 N–H and O–H groups in total. The fourth-order valence-electron chi connectivity index (χ4n) is 2.19. The van der Waals surface area contributed by atoms with Crippen LogP contribution in [0.5, 0.6) is 5.88 Å². The van der Waals surface area contributed by atoms with Crippen LogP contribution >= 0.6 is 0 Å². The molecular formula is C15H20N4O. The van der Waals surface area contributed by atoms with E-state index in [1.54, 1.807) is 13.2 Å². The van der Waals surface area contributed by atoms with E-state index in [1.165, 1.54) is 11.9 Å². The molecule has 1 aromatic heterocycles. The molecule has 5 heteroatoms. The lowest BCUT2D eigenvalue weighted by Crippen LogP contribution is -2.29. The molecule has 1 heterocycles. The van der Waals surface area contributed by atoms with E-state index in [0.717, 1.165) is 24.1 Å². The lowest BCUT2D eigenvalue weighted by Gasteiger charge is -2.17. The third-order valence-corrected chi connectivity index (χ3v) is 3.16. The fraction of sp³-hybridized carbons (Fsp3) is 0.333. The van der Waals surface area contributed by atoms with Crippen molar-refractivity contribution in [2.24, 2.45) is 5.84 Å². The topological polar surface area (TPSA) is 73.1 Å². The molecular weight excluding hydrogens is 252 g/mol. The molecule has 0 amide bonds. The predicted octanol–water partition coefficient (Wildman–Crippen LogP) is 1.99. The zero-order valence-electron chi connectivity index (χ0n) is 11.8. The summed E-state index contributed by atoms with van der Waals surface area (Å²) < 4.78 is 5.13. The molecule has 0 saturated carbocycles. The van der Waals surface area contributed by atoms with E-state index in [1.807, 2.05) is 12.1 Å². The first-order chi connectivity index (χ1) is 9.78. The van der Waals surface area contributed by atoms with E-state index in [9.17, 15) is 0 Å². The number of hydrogen-bond donors (Lipinski definition) is 2. The van der Waals surface area contributed by atoms with Crippen molar-refractivity contribution in [3.8, 4) is 5.88 Å². The molecule has 0 fully saturated rings. The van der Waals surface area contributed by atoms with Crippen molar-refractivity contribution in [3.63, 3.8) is 0 Å². The highest BCUT2D eigenvalue weighted by molar-refractivity contribution is 5.32. The third kappa shape index (κ3) is 3.31. The molecule has 2 aromatic rings. The highest BCUT2D eigenvalue weighted by Crippen LogP contribution is 2.22. The normalized spacial score (nSPS) is 12.2. The molecule has 0 aliphatic heterocycles. The zero-order valence-corrected chi connectivity index (χ0v) is 11.8. The number of nitrogens with zero attached hydrogens (tertiary/aromatic N) is 2. The van der Waals surface area contributed by atoms with Gasteiger partial charge in [-0.3, -0.25) is 5.84 Å². The van der Waals surface area contributed by atoms with Gasteiger partial charge in [-0.1, -0.05) is 37.6 Å². The van der Waals surface area contributed by atoms with Gasteiger partial charge in [0.15, 0.2) is 0 Å². The molecule has 1 unspecified atom stereocenters. The number of methoxy groups -OCH3 is 1. The lowest BCUT2D eigenvalue weighted by atomic mass is 10.00. The summed E-state index contributed by atoms with van der Waals surface area (Å²) in [6.45, 7) is 2.17. The van der Waals surface area contributed by atoms with Crippen LogP contribution in [0.15, 0.2) is 36.7 Å². The van der Waals surface area contributed by atoms with Crippen molar-refractivity contribution in [2.75, 3.05) is 7.11 Å². The molecule has 5 nitrogen and oxygen atoms in total. The summed E-state index contributed by atoms with van der Waals surface area (Å²) in [6.07, 6.45) is 3.65.